The zero-order chi connectivity index (χ0) is 15.9. The number of halogens is 1. The van der Waals surface area contributed by atoms with E-state index in [1.54, 1.807) is 19.1 Å². The summed E-state index contributed by atoms with van der Waals surface area (Å²) in [6.45, 7) is 5.44. The Kier molecular flexibility index (Phi) is 6.05. The highest BCUT2D eigenvalue weighted by molar-refractivity contribution is 6.32. The van der Waals surface area contributed by atoms with Crippen LogP contribution in [0.25, 0.3) is 0 Å². The van der Waals surface area contributed by atoms with Crippen LogP contribution in [0.1, 0.15) is 13.3 Å². The molecule has 0 aromatic heterocycles. The van der Waals surface area contributed by atoms with E-state index in [0.29, 0.717) is 30.3 Å². The molecular formula is C16H20ClN3O2. The first-order valence-electron chi connectivity index (χ1n) is 7.41. The monoisotopic (exact) mass is 321 g/mol. The zero-order valence-electron chi connectivity index (χ0n) is 12.7. The van der Waals surface area contributed by atoms with Crippen molar-refractivity contribution >= 4 is 17.5 Å². The van der Waals surface area contributed by atoms with Gasteiger partial charge in [-0.15, -0.1) is 0 Å². The summed E-state index contributed by atoms with van der Waals surface area (Å²) in [4.78, 5) is 16.4. The Balaban J connectivity index is 1.85. The van der Waals surface area contributed by atoms with Gasteiger partial charge in [-0.1, -0.05) is 23.7 Å². The van der Waals surface area contributed by atoms with Gasteiger partial charge in [-0.05, 0) is 19.1 Å². The van der Waals surface area contributed by atoms with Crippen molar-refractivity contribution in [3.63, 3.8) is 0 Å². The summed E-state index contributed by atoms with van der Waals surface area (Å²) < 4.78 is 5.67. The molecule has 0 spiro atoms. The fourth-order valence-corrected chi connectivity index (χ4v) is 2.62. The molecule has 2 rings (SSSR count). The largest absolute Gasteiger partial charge is 0.479 e. The van der Waals surface area contributed by atoms with Gasteiger partial charge in [-0.3, -0.25) is 9.69 Å². The van der Waals surface area contributed by atoms with Gasteiger partial charge in [-0.25, -0.2) is 0 Å². The van der Waals surface area contributed by atoms with Crippen LogP contribution in [0.4, 0.5) is 0 Å². The third-order valence-electron chi connectivity index (χ3n) is 3.71. The Morgan fingerprint density at radius 3 is 2.68 bits per heavy atom. The van der Waals surface area contributed by atoms with E-state index in [4.69, 9.17) is 21.6 Å². The first-order chi connectivity index (χ1) is 10.6. The number of hydrogen-bond acceptors (Lipinski definition) is 4. The second kappa shape index (κ2) is 8.02. The quantitative estimate of drug-likeness (QED) is 0.834. The zero-order valence-corrected chi connectivity index (χ0v) is 13.4. The molecule has 1 heterocycles. The SMILES string of the molecule is CC(Oc1ccccc1Cl)C(=O)N1CCN(CCC#N)CC1. The Hall–Kier alpha value is -1.77. The normalized spacial score (nSPS) is 16.9. The maximum Gasteiger partial charge on any atom is 0.263 e. The van der Waals surface area contributed by atoms with E-state index in [1.165, 1.54) is 0 Å². The average molecular weight is 322 g/mol. The number of carbonyl (C=O) groups excluding carboxylic acids is 1. The van der Waals surface area contributed by atoms with Crippen LogP contribution in [-0.2, 0) is 4.79 Å². The van der Waals surface area contributed by atoms with Gasteiger partial charge in [0.1, 0.15) is 5.75 Å². The number of piperazine rings is 1. The summed E-state index contributed by atoms with van der Waals surface area (Å²) in [6.07, 6.45) is -0.0366. The molecule has 0 bridgehead atoms. The molecule has 1 saturated heterocycles. The van der Waals surface area contributed by atoms with Crippen molar-refractivity contribution in [3.8, 4) is 11.8 Å². The van der Waals surface area contributed by atoms with Gasteiger partial charge in [0.2, 0.25) is 0 Å². The van der Waals surface area contributed by atoms with Crippen molar-refractivity contribution in [1.29, 1.82) is 5.26 Å². The third-order valence-corrected chi connectivity index (χ3v) is 4.02. The fourth-order valence-electron chi connectivity index (χ4n) is 2.44. The van der Waals surface area contributed by atoms with Crippen LogP contribution < -0.4 is 4.74 Å². The van der Waals surface area contributed by atoms with E-state index in [1.807, 2.05) is 17.0 Å². The molecule has 0 radical (unpaired) electrons. The second-order valence-corrected chi connectivity index (χ2v) is 5.67. The van der Waals surface area contributed by atoms with Gasteiger partial charge in [0.15, 0.2) is 6.10 Å². The van der Waals surface area contributed by atoms with Gasteiger partial charge < -0.3 is 9.64 Å². The van der Waals surface area contributed by atoms with Gasteiger partial charge in [0.05, 0.1) is 11.1 Å². The number of benzene rings is 1. The molecule has 0 N–H and O–H groups in total. The highest BCUT2D eigenvalue weighted by atomic mass is 35.5. The number of amides is 1. The first kappa shape index (κ1) is 16.6. The minimum Gasteiger partial charge on any atom is -0.479 e. The number of rotatable bonds is 5. The van der Waals surface area contributed by atoms with Gasteiger partial charge in [-0.2, -0.15) is 5.26 Å². The number of carbonyl (C=O) groups is 1. The Morgan fingerprint density at radius 1 is 1.36 bits per heavy atom. The van der Waals surface area contributed by atoms with Gasteiger partial charge in [0, 0.05) is 39.1 Å². The Labute approximate surface area is 136 Å². The Morgan fingerprint density at radius 2 is 2.05 bits per heavy atom. The molecule has 1 fully saturated rings. The molecule has 22 heavy (non-hydrogen) atoms. The number of hydrogen-bond donors (Lipinski definition) is 0. The standard InChI is InChI=1S/C16H20ClN3O2/c1-13(22-15-6-3-2-5-14(15)17)16(21)20-11-9-19(10-12-20)8-4-7-18/h2-3,5-6,13H,4,8-12H2,1H3. The lowest BCUT2D eigenvalue weighted by Crippen LogP contribution is -2.51. The number of nitriles is 1. The van der Waals surface area contributed by atoms with Crippen molar-refractivity contribution in [3.05, 3.63) is 29.3 Å². The molecule has 5 nitrogen and oxygen atoms in total. The molecule has 0 saturated carbocycles. The molecule has 1 atom stereocenters. The maximum atomic E-state index is 12.4. The van der Waals surface area contributed by atoms with Crippen LogP contribution in [0.5, 0.6) is 5.75 Å². The summed E-state index contributed by atoms with van der Waals surface area (Å²) in [5, 5.41) is 9.11. The fraction of sp³-hybridized carbons (Fsp3) is 0.500. The minimum absolute atomic E-state index is 0.0279. The molecule has 1 aliphatic rings. The highest BCUT2D eigenvalue weighted by Crippen LogP contribution is 2.24. The number of nitrogens with zero attached hydrogens (tertiary/aromatic N) is 3. The van der Waals surface area contributed by atoms with Crippen molar-refractivity contribution in [2.75, 3.05) is 32.7 Å². The molecule has 1 amide bonds. The molecule has 1 aromatic carbocycles. The molecule has 1 aliphatic heterocycles. The predicted molar refractivity (Wildman–Crippen MR) is 84.8 cm³/mol. The molecule has 6 heteroatoms. The van der Waals surface area contributed by atoms with E-state index in [9.17, 15) is 4.79 Å². The smallest absolute Gasteiger partial charge is 0.263 e. The third kappa shape index (κ3) is 4.36. The van der Waals surface area contributed by atoms with Crippen LogP contribution in [-0.4, -0.2) is 54.5 Å². The Bertz CT molecular complexity index is 551. The van der Waals surface area contributed by atoms with Crippen molar-refractivity contribution in [1.82, 2.24) is 9.80 Å². The summed E-state index contributed by atoms with van der Waals surface area (Å²) >= 11 is 6.04. The predicted octanol–water partition coefficient (Wildman–Crippen LogP) is 2.17. The summed E-state index contributed by atoms with van der Waals surface area (Å²) in [7, 11) is 0. The van der Waals surface area contributed by atoms with Gasteiger partial charge >= 0.3 is 0 Å². The lowest BCUT2D eigenvalue weighted by atomic mass is 10.2. The molecule has 1 unspecified atom stereocenters. The van der Waals surface area contributed by atoms with Crippen molar-refractivity contribution < 1.29 is 9.53 Å². The van der Waals surface area contributed by atoms with E-state index < -0.39 is 6.10 Å². The van der Waals surface area contributed by atoms with Gasteiger partial charge in [0.25, 0.3) is 5.91 Å². The van der Waals surface area contributed by atoms with Crippen LogP contribution in [0, 0.1) is 11.3 Å². The summed E-state index contributed by atoms with van der Waals surface area (Å²) in [6, 6.07) is 9.29. The molecule has 0 aliphatic carbocycles. The maximum absolute atomic E-state index is 12.4. The minimum atomic E-state index is -0.564. The summed E-state index contributed by atoms with van der Waals surface area (Å²) in [5.41, 5.74) is 0. The van der Waals surface area contributed by atoms with Crippen molar-refractivity contribution in [2.45, 2.75) is 19.4 Å². The topological polar surface area (TPSA) is 56.6 Å². The van der Waals surface area contributed by atoms with Crippen LogP contribution in [0.2, 0.25) is 5.02 Å². The summed E-state index contributed by atoms with van der Waals surface area (Å²) in [5.74, 6) is 0.498. The van der Waals surface area contributed by atoms with Crippen LogP contribution in [0.3, 0.4) is 0 Å². The average Bonchev–Trinajstić information content (AvgIpc) is 2.55. The van der Waals surface area contributed by atoms with Crippen LogP contribution in [0.15, 0.2) is 24.3 Å². The van der Waals surface area contributed by atoms with Crippen molar-refractivity contribution in [2.24, 2.45) is 0 Å². The van der Waals surface area contributed by atoms with E-state index in [-0.39, 0.29) is 5.91 Å². The van der Waals surface area contributed by atoms with E-state index in [0.717, 1.165) is 19.6 Å². The molecular weight excluding hydrogens is 302 g/mol. The van der Waals surface area contributed by atoms with E-state index in [2.05, 4.69) is 11.0 Å². The lowest BCUT2D eigenvalue weighted by molar-refractivity contribution is -0.139. The highest BCUT2D eigenvalue weighted by Gasteiger charge is 2.26. The molecule has 1 aromatic rings. The second-order valence-electron chi connectivity index (χ2n) is 5.27. The van der Waals surface area contributed by atoms with E-state index >= 15 is 0 Å². The first-order valence-corrected chi connectivity index (χ1v) is 7.79. The number of ether oxygens (including phenoxy) is 1. The number of para-hydroxylation sites is 1. The lowest BCUT2D eigenvalue weighted by Gasteiger charge is -2.35. The van der Waals surface area contributed by atoms with Crippen LogP contribution >= 0.6 is 11.6 Å². The molecule has 118 valence electrons.